The number of halogens is 5. The molecule has 192 valence electrons. The first-order chi connectivity index (χ1) is 17.2. The highest BCUT2D eigenvalue weighted by Crippen LogP contribution is 2.38. The summed E-state index contributed by atoms with van der Waals surface area (Å²) in [5.74, 6) is -9.23. The Kier molecular flexibility index (Phi) is 8.57. The van der Waals surface area contributed by atoms with Crippen molar-refractivity contribution in [1.29, 1.82) is 0 Å². The Hall–Kier alpha value is -3.60. The predicted molar refractivity (Wildman–Crippen MR) is 124 cm³/mol. The molecule has 2 unspecified atom stereocenters. The van der Waals surface area contributed by atoms with E-state index in [1.807, 2.05) is 0 Å². The van der Waals surface area contributed by atoms with E-state index in [0.29, 0.717) is 5.57 Å². The Morgan fingerprint density at radius 1 is 1.22 bits per heavy atom. The smallest absolute Gasteiger partial charge is 0.296 e. The van der Waals surface area contributed by atoms with Crippen molar-refractivity contribution in [2.24, 2.45) is 5.92 Å². The van der Waals surface area contributed by atoms with Crippen molar-refractivity contribution >= 4 is 24.2 Å². The summed E-state index contributed by atoms with van der Waals surface area (Å²) in [6.45, 7) is 1.65. The number of nitrogens with one attached hydrogen (secondary N) is 1. The first kappa shape index (κ1) is 27.0. The topological polar surface area (TPSA) is 88.8 Å². The molecular formula is C24H24F5N4O3+. The molecule has 2 aliphatic heterocycles. The minimum atomic E-state index is -2.90. The van der Waals surface area contributed by atoms with Crippen LogP contribution in [0.3, 0.4) is 0 Å². The number of amides is 1. The molecule has 0 aliphatic carbocycles. The molecule has 2 aromatic rings. The Bertz CT molecular complexity index is 1200. The quantitative estimate of drug-likeness (QED) is 0.353. The van der Waals surface area contributed by atoms with Crippen LogP contribution < -0.4 is 14.7 Å². The zero-order chi connectivity index (χ0) is 26.5. The molecule has 1 amide bonds. The maximum atomic E-state index is 14.4. The number of aromatic nitrogens is 1. The van der Waals surface area contributed by atoms with E-state index < -0.39 is 47.0 Å². The number of carbonyl (C=O) groups excluding carboxylic acids is 1. The molecule has 1 aromatic heterocycles. The molecule has 2 aliphatic rings. The van der Waals surface area contributed by atoms with Crippen molar-refractivity contribution in [2.75, 3.05) is 25.5 Å². The molecule has 2 atom stereocenters. The molecule has 1 saturated heterocycles. The van der Waals surface area contributed by atoms with Crippen LogP contribution in [0.15, 0.2) is 42.1 Å². The van der Waals surface area contributed by atoms with Crippen LogP contribution >= 0.6 is 0 Å². The lowest BCUT2D eigenvalue weighted by atomic mass is 9.86. The summed E-state index contributed by atoms with van der Waals surface area (Å²) in [4.78, 5) is 18.4. The Labute approximate surface area is 203 Å². The van der Waals surface area contributed by atoms with E-state index in [-0.39, 0.29) is 31.1 Å². The molecular weight excluding hydrogens is 487 g/mol. The second-order valence-electron chi connectivity index (χ2n) is 7.97. The standard InChI is InChI=1S/C23H19F5N4O2.CH4O/c1-13(32-9-7-23(27,28)16(12-32)14-6-8-29-10-14)22(33)31-19-5-2-15(11-30-19)34-18-4-3-17(24)20(25)21(18)26;1-2/h2-6,8,10-11,13,16H,7,9,12H2,1H3;2H,1H3/p+1. The van der Waals surface area contributed by atoms with Gasteiger partial charge in [0.2, 0.25) is 11.7 Å². The number of allylic oxidation sites excluding steroid dienone is 1. The summed E-state index contributed by atoms with van der Waals surface area (Å²) in [6, 6.07) is 3.68. The number of carbonyl (C=O) groups is 1. The number of benzene rings is 1. The van der Waals surface area contributed by atoms with Gasteiger partial charge < -0.3 is 15.2 Å². The first-order valence-electron chi connectivity index (χ1n) is 10.9. The Morgan fingerprint density at radius 3 is 2.61 bits per heavy atom. The number of ether oxygens (including phenoxy) is 1. The second kappa shape index (κ2) is 11.4. The molecule has 0 radical (unpaired) electrons. The highest BCUT2D eigenvalue weighted by Gasteiger charge is 2.48. The lowest BCUT2D eigenvalue weighted by Crippen LogP contribution is -2.53. The number of nitrogens with zero attached hydrogens (tertiary/aromatic N) is 3. The van der Waals surface area contributed by atoms with Gasteiger partial charge in [-0.25, -0.2) is 22.5 Å². The number of piperidine rings is 1. The van der Waals surface area contributed by atoms with Crippen LogP contribution in [0.5, 0.6) is 11.5 Å². The van der Waals surface area contributed by atoms with E-state index in [4.69, 9.17) is 9.84 Å². The summed E-state index contributed by atoms with van der Waals surface area (Å²) >= 11 is 0. The van der Waals surface area contributed by atoms with Crippen molar-refractivity contribution < 1.29 is 36.6 Å². The third-order valence-corrected chi connectivity index (χ3v) is 5.78. The van der Waals surface area contributed by atoms with Gasteiger partial charge in [0.25, 0.3) is 18.4 Å². The van der Waals surface area contributed by atoms with Crippen LogP contribution in [0.2, 0.25) is 0 Å². The van der Waals surface area contributed by atoms with Gasteiger partial charge in [0.05, 0.1) is 23.7 Å². The third kappa shape index (κ3) is 5.96. The molecule has 1 fully saturated rings. The zero-order valence-corrected chi connectivity index (χ0v) is 19.4. The van der Waals surface area contributed by atoms with Crippen molar-refractivity contribution in [2.45, 2.75) is 25.3 Å². The van der Waals surface area contributed by atoms with Crippen LogP contribution in [0, 0.1) is 23.4 Å². The summed E-state index contributed by atoms with van der Waals surface area (Å²) in [5.41, 5.74) is 0.428. The fourth-order valence-corrected chi connectivity index (χ4v) is 3.76. The van der Waals surface area contributed by atoms with Crippen molar-refractivity contribution in [3.05, 3.63) is 59.6 Å². The third-order valence-electron chi connectivity index (χ3n) is 5.78. The number of alkyl halides is 2. The Balaban J connectivity index is 0.00000176. The lowest BCUT2D eigenvalue weighted by Gasteiger charge is -2.40. The van der Waals surface area contributed by atoms with E-state index in [1.54, 1.807) is 17.9 Å². The Morgan fingerprint density at radius 2 is 1.97 bits per heavy atom. The van der Waals surface area contributed by atoms with E-state index in [9.17, 15) is 26.7 Å². The number of pyridine rings is 1. The highest BCUT2D eigenvalue weighted by molar-refractivity contribution is 5.94. The van der Waals surface area contributed by atoms with Crippen LogP contribution in [-0.2, 0) is 4.79 Å². The number of aliphatic hydroxyl groups is 1. The number of hydrogen-bond acceptors (Lipinski definition) is 5. The zero-order valence-electron chi connectivity index (χ0n) is 19.4. The summed E-state index contributed by atoms with van der Waals surface area (Å²) in [5, 5.41) is 9.60. The van der Waals surface area contributed by atoms with E-state index in [1.165, 1.54) is 30.8 Å². The number of likely N-dealkylation sites (tertiary alicyclic amines) is 1. The molecule has 1 aromatic carbocycles. The summed E-state index contributed by atoms with van der Waals surface area (Å²) in [7, 11) is 1.00. The molecule has 36 heavy (non-hydrogen) atoms. The second-order valence-corrected chi connectivity index (χ2v) is 7.97. The number of rotatable bonds is 6. The van der Waals surface area contributed by atoms with E-state index >= 15 is 0 Å². The maximum Gasteiger partial charge on any atom is 0.296 e. The predicted octanol–water partition coefficient (Wildman–Crippen LogP) is 3.33. The molecule has 3 heterocycles. The molecule has 0 bridgehead atoms. The van der Waals surface area contributed by atoms with Crippen molar-refractivity contribution in [1.82, 2.24) is 14.6 Å². The van der Waals surface area contributed by atoms with Crippen LogP contribution in [0.1, 0.15) is 13.3 Å². The molecule has 2 N–H and O–H groups in total. The van der Waals surface area contributed by atoms with Crippen molar-refractivity contribution in [3.8, 4) is 11.5 Å². The van der Waals surface area contributed by atoms with Gasteiger partial charge in [-0.05, 0) is 31.2 Å². The maximum absolute atomic E-state index is 14.4. The molecule has 4 rings (SSSR count). The SMILES string of the molecule is CC(C(=O)Nc1ccc(Oc2ccc(F)c(F)c2F)cn1)N1CCC(F)(F)C(C2=CC=[N+]=C2)C1.CO. The first-order valence-corrected chi connectivity index (χ1v) is 10.9. The summed E-state index contributed by atoms with van der Waals surface area (Å²) in [6.07, 6.45) is 5.20. The number of hydrogen-bond donors (Lipinski definition) is 2. The van der Waals surface area contributed by atoms with Gasteiger partial charge in [0.1, 0.15) is 11.6 Å². The molecule has 0 saturated carbocycles. The van der Waals surface area contributed by atoms with Crippen LogP contribution in [0.4, 0.5) is 27.8 Å². The average molecular weight is 511 g/mol. The van der Waals surface area contributed by atoms with Crippen LogP contribution in [-0.4, -0.2) is 65.5 Å². The average Bonchev–Trinajstić information content (AvgIpc) is 3.41. The van der Waals surface area contributed by atoms with Gasteiger partial charge in [-0.15, -0.1) is 4.67 Å². The fraction of sp³-hybridized carbons (Fsp3) is 0.333. The van der Waals surface area contributed by atoms with Gasteiger partial charge in [0.15, 0.2) is 17.4 Å². The molecule has 7 nitrogen and oxygen atoms in total. The van der Waals surface area contributed by atoms with Gasteiger partial charge in [-0.2, -0.15) is 4.39 Å². The van der Waals surface area contributed by atoms with E-state index in [0.717, 1.165) is 19.2 Å². The van der Waals surface area contributed by atoms with Gasteiger partial charge in [-0.1, -0.05) is 0 Å². The lowest BCUT2D eigenvalue weighted by molar-refractivity contribution is -0.128. The summed E-state index contributed by atoms with van der Waals surface area (Å²) < 4.78 is 78.0. The van der Waals surface area contributed by atoms with Gasteiger partial charge in [-0.3, -0.25) is 9.69 Å². The van der Waals surface area contributed by atoms with Crippen LogP contribution in [0.25, 0.3) is 0 Å². The highest BCUT2D eigenvalue weighted by atomic mass is 19.3. The number of anilines is 1. The van der Waals surface area contributed by atoms with Gasteiger partial charge >= 0.3 is 0 Å². The van der Waals surface area contributed by atoms with Crippen molar-refractivity contribution in [3.63, 3.8) is 0 Å². The minimum Gasteiger partial charge on any atom is -0.453 e. The normalized spacial score (nSPS) is 19.2. The monoisotopic (exact) mass is 511 g/mol. The van der Waals surface area contributed by atoms with Gasteiger partial charge in [0, 0.05) is 32.7 Å². The minimum absolute atomic E-state index is 0.00667. The molecule has 12 heteroatoms. The largest absolute Gasteiger partial charge is 0.453 e. The fourth-order valence-electron chi connectivity index (χ4n) is 3.76. The molecule has 0 spiro atoms. The van der Waals surface area contributed by atoms with E-state index in [2.05, 4.69) is 15.0 Å². The number of aliphatic hydroxyl groups excluding tert-OH is 1.